The first kappa shape index (κ1) is 28.2. The predicted octanol–water partition coefficient (Wildman–Crippen LogP) is 9.37. The Labute approximate surface area is 239 Å². The van der Waals surface area contributed by atoms with Crippen LogP contribution in [0.25, 0.3) is 0 Å². The van der Waals surface area contributed by atoms with Gasteiger partial charge in [-0.05, 0) is 90.4 Å². The minimum absolute atomic E-state index is 0.0534. The predicted molar refractivity (Wildman–Crippen MR) is 158 cm³/mol. The summed E-state index contributed by atoms with van der Waals surface area (Å²) in [6.45, 7) is 11.8. The van der Waals surface area contributed by atoms with Crippen LogP contribution >= 0.6 is 34.8 Å². The third-order valence-corrected chi connectivity index (χ3v) is 8.69. The van der Waals surface area contributed by atoms with Crippen molar-refractivity contribution in [3.05, 3.63) is 120 Å². The highest BCUT2D eigenvalue weighted by Crippen LogP contribution is 2.45. The monoisotopic (exact) mass is 568 g/mol. The standard InChI is InChI=1S/C32H31Cl3O3/c1-17-11-22(14-25(33)28(17)36)31(4,5)20-7-9-21(10-8-20)32(6,23-12-18(2)29(37)26(34)15-23)24-13-19(3)30(38)27(35)16-24/h7-16,36-38H,1-6H3. The lowest BCUT2D eigenvalue weighted by atomic mass is 9.69. The molecule has 38 heavy (non-hydrogen) atoms. The van der Waals surface area contributed by atoms with Gasteiger partial charge in [0.05, 0.1) is 15.1 Å². The molecular weight excluding hydrogens is 539 g/mol. The maximum Gasteiger partial charge on any atom is 0.137 e. The van der Waals surface area contributed by atoms with E-state index in [1.807, 2.05) is 45.0 Å². The van der Waals surface area contributed by atoms with E-state index < -0.39 is 5.41 Å². The molecule has 0 aromatic heterocycles. The third-order valence-electron chi connectivity index (χ3n) is 7.82. The first-order valence-corrected chi connectivity index (χ1v) is 13.4. The summed E-state index contributed by atoms with van der Waals surface area (Å²) in [6.07, 6.45) is 0. The molecular formula is C32H31Cl3O3. The number of benzene rings is 4. The Morgan fingerprint density at radius 2 is 0.789 bits per heavy atom. The average molecular weight is 570 g/mol. The van der Waals surface area contributed by atoms with Crippen LogP contribution in [0.1, 0.15) is 65.3 Å². The molecule has 0 unspecified atom stereocenters. The molecule has 0 aliphatic rings. The van der Waals surface area contributed by atoms with Gasteiger partial charge in [0.15, 0.2) is 0 Å². The summed E-state index contributed by atoms with van der Waals surface area (Å²) in [5.41, 5.74) is 5.79. The number of rotatable bonds is 5. The Kier molecular flexibility index (Phi) is 7.44. The Hall–Kier alpha value is -2.85. The van der Waals surface area contributed by atoms with Gasteiger partial charge < -0.3 is 15.3 Å². The third kappa shape index (κ3) is 4.73. The molecule has 0 atom stereocenters. The van der Waals surface area contributed by atoms with Gasteiger partial charge in [0.2, 0.25) is 0 Å². The van der Waals surface area contributed by atoms with E-state index in [-0.39, 0.29) is 32.7 Å². The zero-order valence-corrected chi connectivity index (χ0v) is 24.5. The van der Waals surface area contributed by atoms with Crippen molar-refractivity contribution in [2.75, 3.05) is 0 Å². The van der Waals surface area contributed by atoms with Crippen molar-refractivity contribution >= 4 is 34.8 Å². The van der Waals surface area contributed by atoms with Crippen LogP contribution in [0.2, 0.25) is 15.1 Å². The molecule has 0 amide bonds. The molecule has 0 aliphatic carbocycles. The van der Waals surface area contributed by atoms with Crippen LogP contribution in [-0.2, 0) is 10.8 Å². The molecule has 198 valence electrons. The number of halogens is 3. The van der Waals surface area contributed by atoms with E-state index in [2.05, 4.69) is 45.0 Å². The molecule has 4 rings (SSSR count). The van der Waals surface area contributed by atoms with Gasteiger partial charge in [-0.15, -0.1) is 0 Å². The molecule has 6 heteroatoms. The Balaban J connectivity index is 1.90. The zero-order chi connectivity index (χ0) is 28.2. The molecule has 4 aromatic carbocycles. The fourth-order valence-electron chi connectivity index (χ4n) is 5.03. The van der Waals surface area contributed by atoms with E-state index in [0.29, 0.717) is 16.1 Å². The van der Waals surface area contributed by atoms with Gasteiger partial charge in [-0.3, -0.25) is 0 Å². The number of phenolic OH excluding ortho intramolecular Hbond substituents is 3. The minimum atomic E-state index is -0.703. The molecule has 0 saturated carbocycles. The maximum atomic E-state index is 10.3. The average Bonchev–Trinajstić information content (AvgIpc) is 2.87. The fourth-order valence-corrected chi connectivity index (χ4v) is 5.83. The minimum Gasteiger partial charge on any atom is -0.506 e. The van der Waals surface area contributed by atoms with Crippen LogP contribution in [0, 0.1) is 20.8 Å². The van der Waals surface area contributed by atoms with Gasteiger partial charge in [-0.25, -0.2) is 0 Å². The molecule has 0 fully saturated rings. The highest BCUT2D eigenvalue weighted by Gasteiger charge is 2.34. The molecule has 3 N–H and O–H groups in total. The highest BCUT2D eigenvalue weighted by molar-refractivity contribution is 6.33. The Morgan fingerprint density at radius 1 is 0.474 bits per heavy atom. The van der Waals surface area contributed by atoms with E-state index in [4.69, 9.17) is 34.8 Å². The van der Waals surface area contributed by atoms with Gasteiger partial charge in [-0.2, -0.15) is 0 Å². The normalized spacial score (nSPS) is 12.1. The molecule has 0 heterocycles. The van der Waals surface area contributed by atoms with Crippen molar-refractivity contribution in [3.8, 4) is 17.2 Å². The van der Waals surface area contributed by atoms with Gasteiger partial charge in [0, 0.05) is 10.8 Å². The summed E-state index contributed by atoms with van der Waals surface area (Å²) >= 11 is 19.2. The van der Waals surface area contributed by atoms with Crippen molar-refractivity contribution < 1.29 is 15.3 Å². The zero-order valence-electron chi connectivity index (χ0n) is 22.2. The lowest BCUT2D eigenvalue weighted by Crippen LogP contribution is -2.26. The Bertz CT molecular complexity index is 1410. The van der Waals surface area contributed by atoms with E-state index in [9.17, 15) is 15.3 Å². The largest absolute Gasteiger partial charge is 0.506 e. The number of aryl methyl sites for hydroxylation is 3. The number of aromatic hydroxyl groups is 3. The fraction of sp³-hybridized carbons (Fsp3) is 0.250. The summed E-state index contributed by atoms with van der Waals surface area (Å²) in [7, 11) is 0. The highest BCUT2D eigenvalue weighted by atomic mass is 35.5. The molecule has 0 aliphatic heterocycles. The van der Waals surface area contributed by atoms with Crippen molar-refractivity contribution in [1.82, 2.24) is 0 Å². The first-order chi connectivity index (χ1) is 17.7. The van der Waals surface area contributed by atoms with E-state index in [1.54, 1.807) is 12.1 Å². The van der Waals surface area contributed by atoms with Gasteiger partial charge in [0.1, 0.15) is 17.2 Å². The first-order valence-electron chi connectivity index (χ1n) is 12.3. The van der Waals surface area contributed by atoms with Crippen LogP contribution < -0.4 is 0 Å². The summed E-state index contributed by atoms with van der Waals surface area (Å²) in [5.74, 6) is 0.207. The summed E-state index contributed by atoms with van der Waals surface area (Å²) in [5, 5.41) is 31.7. The smallest absolute Gasteiger partial charge is 0.137 e. The molecule has 0 saturated heterocycles. The topological polar surface area (TPSA) is 60.7 Å². The number of phenols is 3. The van der Waals surface area contributed by atoms with Crippen molar-refractivity contribution in [3.63, 3.8) is 0 Å². The van der Waals surface area contributed by atoms with Crippen molar-refractivity contribution in [2.45, 2.75) is 52.4 Å². The van der Waals surface area contributed by atoms with Gasteiger partial charge in [-0.1, -0.05) is 91.1 Å². The maximum absolute atomic E-state index is 10.3. The van der Waals surface area contributed by atoms with Crippen molar-refractivity contribution in [2.24, 2.45) is 0 Å². The van der Waals surface area contributed by atoms with Crippen LogP contribution in [0.15, 0.2) is 60.7 Å². The second kappa shape index (κ2) is 10.0. The second-order valence-electron chi connectivity index (χ2n) is 10.7. The van der Waals surface area contributed by atoms with E-state index >= 15 is 0 Å². The van der Waals surface area contributed by atoms with Crippen LogP contribution in [0.5, 0.6) is 17.2 Å². The summed E-state index contributed by atoms with van der Waals surface area (Å²) < 4.78 is 0. The quantitative estimate of drug-likeness (QED) is 0.210. The lowest BCUT2D eigenvalue weighted by molar-refractivity contribution is 0.469. The van der Waals surface area contributed by atoms with Crippen LogP contribution in [-0.4, -0.2) is 15.3 Å². The molecule has 0 spiro atoms. The number of hydrogen-bond acceptors (Lipinski definition) is 3. The molecule has 0 bridgehead atoms. The lowest BCUT2D eigenvalue weighted by Gasteiger charge is -2.34. The molecule has 4 aromatic rings. The van der Waals surface area contributed by atoms with Gasteiger partial charge in [0.25, 0.3) is 0 Å². The SMILES string of the molecule is Cc1cc(C(C)(C)c2ccc(C(C)(c3cc(C)c(O)c(Cl)c3)c3cc(C)c(O)c(Cl)c3)cc2)cc(Cl)c1O. The summed E-state index contributed by atoms with van der Waals surface area (Å²) in [4.78, 5) is 0. The Morgan fingerprint density at radius 3 is 1.16 bits per heavy atom. The van der Waals surface area contributed by atoms with E-state index in [1.165, 1.54) is 0 Å². The molecule has 0 radical (unpaired) electrons. The van der Waals surface area contributed by atoms with E-state index in [0.717, 1.165) is 33.4 Å². The van der Waals surface area contributed by atoms with Crippen molar-refractivity contribution in [1.29, 1.82) is 0 Å². The second-order valence-corrected chi connectivity index (χ2v) is 11.9. The van der Waals surface area contributed by atoms with Crippen LogP contribution in [0.4, 0.5) is 0 Å². The van der Waals surface area contributed by atoms with Crippen LogP contribution in [0.3, 0.4) is 0 Å². The molecule has 3 nitrogen and oxygen atoms in total. The number of hydrogen-bond donors (Lipinski definition) is 3. The van der Waals surface area contributed by atoms with Gasteiger partial charge >= 0.3 is 0 Å². The summed E-state index contributed by atoms with van der Waals surface area (Å²) in [6, 6.07) is 19.5.